The number of urea groups is 1. The topological polar surface area (TPSA) is 61.4 Å². The summed E-state index contributed by atoms with van der Waals surface area (Å²) in [5.74, 6) is 0. The molecule has 1 aromatic carbocycles. The summed E-state index contributed by atoms with van der Waals surface area (Å²) in [6.07, 6.45) is -0.597. The highest BCUT2D eigenvalue weighted by Crippen LogP contribution is 2.25. The van der Waals surface area contributed by atoms with Crippen molar-refractivity contribution in [2.75, 3.05) is 11.9 Å². The second kappa shape index (κ2) is 5.94. The Morgan fingerprint density at radius 2 is 2.19 bits per heavy atom. The molecule has 2 amide bonds. The van der Waals surface area contributed by atoms with Gasteiger partial charge >= 0.3 is 6.03 Å². The molecule has 0 saturated carbocycles. The summed E-state index contributed by atoms with van der Waals surface area (Å²) in [6, 6.07) is 4.33. The zero-order valence-corrected chi connectivity index (χ0v) is 10.1. The summed E-state index contributed by atoms with van der Waals surface area (Å²) >= 11 is 11.6. The lowest BCUT2D eigenvalue weighted by atomic mass is 10.3. The number of nitrogens with one attached hydrogen (secondary N) is 2. The molecule has 0 heterocycles. The van der Waals surface area contributed by atoms with E-state index in [9.17, 15) is 4.79 Å². The van der Waals surface area contributed by atoms with Gasteiger partial charge in [-0.3, -0.25) is 0 Å². The lowest BCUT2D eigenvalue weighted by molar-refractivity contribution is 0.190. The molecule has 0 bridgehead atoms. The van der Waals surface area contributed by atoms with Gasteiger partial charge in [0.05, 0.1) is 16.8 Å². The second-order valence-electron chi connectivity index (χ2n) is 3.31. The van der Waals surface area contributed by atoms with Crippen molar-refractivity contribution in [1.82, 2.24) is 5.32 Å². The minimum absolute atomic E-state index is 0.171. The Balaban J connectivity index is 2.59. The van der Waals surface area contributed by atoms with E-state index >= 15 is 0 Å². The molecule has 0 aliphatic rings. The monoisotopic (exact) mass is 262 g/mol. The number of aliphatic hydroxyl groups is 1. The Bertz CT molecular complexity index is 383. The number of hydrogen-bond acceptors (Lipinski definition) is 2. The van der Waals surface area contributed by atoms with E-state index in [1.54, 1.807) is 25.1 Å². The fourth-order valence-electron chi connectivity index (χ4n) is 1.00. The third-order valence-electron chi connectivity index (χ3n) is 1.73. The van der Waals surface area contributed by atoms with E-state index in [0.717, 1.165) is 0 Å². The van der Waals surface area contributed by atoms with E-state index in [0.29, 0.717) is 15.7 Å². The van der Waals surface area contributed by atoms with Gasteiger partial charge in [-0.2, -0.15) is 0 Å². The Labute approximate surface area is 104 Å². The maximum absolute atomic E-state index is 11.3. The molecule has 0 aliphatic carbocycles. The number of aliphatic hydroxyl groups excluding tert-OH is 1. The highest BCUT2D eigenvalue weighted by molar-refractivity contribution is 6.35. The van der Waals surface area contributed by atoms with Crippen molar-refractivity contribution in [3.05, 3.63) is 28.2 Å². The molecule has 0 spiro atoms. The number of halogens is 2. The minimum atomic E-state index is -0.597. The number of carbonyl (C=O) groups excluding carboxylic acids is 1. The van der Waals surface area contributed by atoms with E-state index in [-0.39, 0.29) is 6.54 Å². The van der Waals surface area contributed by atoms with Gasteiger partial charge in [0.15, 0.2) is 0 Å². The van der Waals surface area contributed by atoms with Gasteiger partial charge in [0, 0.05) is 11.6 Å². The molecule has 1 aromatic rings. The summed E-state index contributed by atoms with van der Waals surface area (Å²) in [5.41, 5.74) is 0.428. The van der Waals surface area contributed by atoms with E-state index in [1.165, 1.54) is 0 Å². The summed E-state index contributed by atoms with van der Waals surface area (Å²) in [7, 11) is 0. The van der Waals surface area contributed by atoms with Crippen LogP contribution in [0.25, 0.3) is 0 Å². The highest BCUT2D eigenvalue weighted by atomic mass is 35.5. The van der Waals surface area contributed by atoms with Crippen LogP contribution < -0.4 is 10.6 Å². The van der Waals surface area contributed by atoms with Crippen LogP contribution in [-0.4, -0.2) is 23.8 Å². The van der Waals surface area contributed by atoms with Crippen molar-refractivity contribution >= 4 is 34.9 Å². The average molecular weight is 263 g/mol. The number of carbonyl (C=O) groups is 1. The van der Waals surface area contributed by atoms with Gasteiger partial charge in [-0.15, -0.1) is 0 Å². The third-order valence-corrected chi connectivity index (χ3v) is 2.30. The molecule has 88 valence electrons. The predicted octanol–water partition coefficient (Wildman–Crippen LogP) is 2.50. The van der Waals surface area contributed by atoms with Crippen LogP contribution in [0.1, 0.15) is 6.92 Å². The fraction of sp³-hybridized carbons (Fsp3) is 0.300. The van der Waals surface area contributed by atoms with Gasteiger partial charge in [-0.25, -0.2) is 4.79 Å². The van der Waals surface area contributed by atoms with Crippen molar-refractivity contribution < 1.29 is 9.90 Å². The maximum Gasteiger partial charge on any atom is 0.319 e. The molecule has 0 aliphatic heterocycles. The normalized spacial score (nSPS) is 12.0. The SMILES string of the molecule is C[C@H](O)CNC(=O)Nc1cc(Cl)ccc1Cl. The molecule has 0 unspecified atom stereocenters. The van der Waals surface area contributed by atoms with Gasteiger partial charge in [-0.05, 0) is 25.1 Å². The molecule has 16 heavy (non-hydrogen) atoms. The molecule has 4 nitrogen and oxygen atoms in total. The Morgan fingerprint density at radius 3 is 2.81 bits per heavy atom. The Hall–Kier alpha value is -0.970. The van der Waals surface area contributed by atoms with Crippen molar-refractivity contribution in [1.29, 1.82) is 0 Å². The van der Waals surface area contributed by atoms with Gasteiger partial charge in [0.2, 0.25) is 0 Å². The van der Waals surface area contributed by atoms with Crippen LogP contribution in [0.3, 0.4) is 0 Å². The van der Waals surface area contributed by atoms with Gasteiger partial charge in [-0.1, -0.05) is 23.2 Å². The molecule has 0 saturated heterocycles. The quantitative estimate of drug-likeness (QED) is 0.784. The number of amides is 2. The van der Waals surface area contributed by atoms with Crippen molar-refractivity contribution in [2.24, 2.45) is 0 Å². The van der Waals surface area contributed by atoms with E-state index in [4.69, 9.17) is 28.3 Å². The average Bonchev–Trinajstić information content (AvgIpc) is 2.20. The minimum Gasteiger partial charge on any atom is -0.392 e. The first-order chi connectivity index (χ1) is 7.49. The molecular formula is C10H12Cl2N2O2. The first-order valence-corrected chi connectivity index (χ1v) is 5.42. The van der Waals surface area contributed by atoms with Crippen LogP contribution in [0.2, 0.25) is 10.0 Å². The molecule has 6 heteroatoms. The molecule has 0 radical (unpaired) electrons. The lowest BCUT2D eigenvalue weighted by Gasteiger charge is -2.10. The van der Waals surface area contributed by atoms with Gasteiger partial charge in [0.1, 0.15) is 0 Å². The third kappa shape index (κ3) is 4.26. The standard InChI is InChI=1S/C10H12Cl2N2O2/c1-6(15)5-13-10(16)14-9-4-7(11)2-3-8(9)12/h2-4,6,15H,5H2,1H3,(H2,13,14,16)/t6-/m0/s1. The molecule has 0 fully saturated rings. The lowest BCUT2D eigenvalue weighted by Crippen LogP contribution is -2.34. The van der Waals surface area contributed by atoms with Crippen molar-refractivity contribution in [3.63, 3.8) is 0 Å². The fourth-order valence-corrected chi connectivity index (χ4v) is 1.34. The van der Waals surface area contributed by atoms with Crippen LogP contribution in [0.15, 0.2) is 18.2 Å². The molecule has 0 aromatic heterocycles. The van der Waals surface area contributed by atoms with Crippen LogP contribution >= 0.6 is 23.2 Å². The first kappa shape index (κ1) is 13.1. The van der Waals surface area contributed by atoms with Crippen LogP contribution in [0.4, 0.5) is 10.5 Å². The van der Waals surface area contributed by atoms with Crippen LogP contribution in [0, 0.1) is 0 Å². The zero-order valence-electron chi connectivity index (χ0n) is 8.63. The first-order valence-electron chi connectivity index (χ1n) is 4.67. The summed E-state index contributed by atoms with van der Waals surface area (Å²) in [5, 5.41) is 14.9. The predicted molar refractivity (Wildman–Crippen MR) is 65.2 cm³/mol. The Morgan fingerprint density at radius 1 is 1.50 bits per heavy atom. The molecule has 3 N–H and O–H groups in total. The summed E-state index contributed by atoms with van der Waals surface area (Å²) in [4.78, 5) is 11.3. The second-order valence-corrected chi connectivity index (χ2v) is 4.15. The maximum atomic E-state index is 11.3. The van der Waals surface area contributed by atoms with Crippen LogP contribution in [0.5, 0.6) is 0 Å². The van der Waals surface area contributed by atoms with E-state index in [1.807, 2.05) is 0 Å². The zero-order chi connectivity index (χ0) is 12.1. The van der Waals surface area contributed by atoms with Crippen LogP contribution in [-0.2, 0) is 0 Å². The summed E-state index contributed by atoms with van der Waals surface area (Å²) in [6.45, 7) is 1.75. The van der Waals surface area contributed by atoms with E-state index in [2.05, 4.69) is 10.6 Å². The summed E-state index contributed by atoms with van der Waals surface area (Å²) < 4.78 is 0. The smallest absolute Gasteiger partial charge is 0.319 e. The highest BCUT2D eigenvalue weighted by Gasteiger charge is 2.06. The Kier molecular flexibility index (Phi) is 4.86. The van der Waals surface area contributed by atoms with E-state index < -0.39 is 12.1 Å². The number of anilines is 1. The number of hydrogen-bond donors (Lipinski definition) is 3. The molecular weight excluding hydrogens is 251 g/mol. The van der Waals surface area contributed by atoms with Crippen molar-refractivity contribution in [3.8, 4) is 0 Å². The molecule has 1 rings (SSSR count). The van der Waals surface area contributed by atoms with Gasteiger partial charge < -0.3 is 15.7 Å². The molecule has 1 atom stereocenters. The number of benzene rings is 1. The number of rotatable bonds is 3. The van der Waals surface area contributed by atoms with Gasteiger partial charge in [0.25, 0.3) is 0 Å². The largest absolute Gasteiger partial charge is 0.392 e. The van der Waals surface area contributed by atoms with Crippen molar-refractivity contribution in [2.45, 2.75) is 13.0 Å².